The van der Waals surface area contributed by atoms with Crippen LogP contribution in [0.5, 0.6) is 5.75 Å². The van der Waals surface area contributed by atoms with E-state index in [1.807, 2.05) is 6.07 Å². The molecule has 1 aromatic carbocycles. The van der Waals surface area contributed by atoms with E-state index in [9.17, 15) is 9.59 Å². The molecular formula is C12H8INO4. The normalized spacial score (nSPS) is 13.4. The maximum atomic E-state index is 12.1. The number of hydrogen-bond donors (Lipinski definition) is 1. The fraction of sp³-hybridized carbons (Fsp3) is 0.167. The van der Waals surface area contributed by atoms with E-state index in [0.717, 1.165) is 3.57 Å². The molecule has 0 saturated heterocycles. The summed E-state index contributed by atoms with van der Waals surface area (Å²) in [5.41, 5.74) is 0.0213. The van der Waals surface area contributed by atoms with Crippen LogP contribution in [0.3, 0.4) is 0 Å². The molecule has 1 aliphatic rings. The standard InChI is InChI=1S/C12H8INO4/c13-6-3-7-10-9(4-6)18-2-1-14(10)5-8(11(7)15)12(16)17/h3-5H,1-2H2,(H,16,17). The summed E-state index contributed by atoms with van der Waals surface area (Å²) in [4.78, 5) is 23.2. The number of nitrogens with zero attached hydrogens (tertiary/aromatic N) is 1. The van der Waals surface area contributed by atoms with Crippen LogP contribution >= 0.6 is 22.6 Å². The van der Waals surface area contributed by atoms with Crippen LogP contribution in [-0.4, -0.2) is 22.2 Å². The van der Waals surface area contributed by atoms with E-state index in [2.05, 4.69) is 22.6 Å². The summed E-state index contributed by atoms with van der Waals surface area (Å²) in [6.07, 6.45) is 1.39. The van der Waals surface area contributed by atoms with Gasteiger partial charge in [-0.3, -0.25) is 4.79 Å². The predicted molar refractivity (Wildman–Crippen MR) is 73.4 cm³/mol. The molecule has 1 aliphatic heterocycles. The third-order valence-electron chi connectivity index (χ3n) is 2.92. The molecule has 0 radical (unpaired) electrons. The fourth-order valence-corrected chi connectivity index (χ4v) is 2.75. The van der Waals surface area contributed by atoms with Gasteiger partial charge in [0.1, 0.15) is 17.9 Å². The minimum absolute atomic E-state index is 0.197. The van der Waals surface area contributed by atoms with Crippen LogP contribution < -0.4 is 10.2 Å². The van der Waals surface area contributed by atoms with E-state index < -0.39 is 11.4 Å². The van der Waals surface area contributed by atoms with Crippen LogP contribution in [0.25, 0.3) is 10.9 Å². The highest BCUT2D eigenvalue weighted by molar-refractivity contribution is 14.1. The first-order valence-corrected chi connectivity index (χ1v) is 6.38. The first kappa shape index (κ1) is 11.5. The third-order valence-corrected chi connectivity index (χ3v) is 3.54. The average Bonchev–Trinajstić information content (AvgIpc) is 2.32. The lowest BCUT2D eigenvalue weighted by molar-refractivity contribution is 0.0694. The largest absolute Gasteiger partial charge is 0.489 e. The third kappa shape index (κ3) is 1.59. The topological polar surface area (TPSA) is 68.5 Å². The maximum Gasteiger partial charge on any atom is 0.341 e. The van der Waals surface area contributed by atoms with Crippen molar-refractivity contribution in [3.8, 4) is 5.75 Å². The Morgan fingerprint density at radius 1 is 1.44 bits per heavy atom. The van der Waals surface area contributed by atoms with Gasteiger partial charge in [-0.1, -0.05) is 0 Å². The van der Waals surface area contributed by atoms with Gasteiger partial charge in [0.2, 0.25) is 5.43 Å². The molecule has 0 atom stereocenters. The van der Waals surface area contributed by atoms with Crippen LogP contribution in [0.4, 0.5) is 0 Å². The second-order valence-corrected chi connectivity index (χ2v) is 5.26. The summed E-state index contributed by atoms with van der Waals surface area (Å²) >= 11 is 2.08. The Morgan fingerprint density at radius 2 is 2.22 bits per heavy atom. The van der Waals surface area contributed by atoms with Crippen LogP contribution in [0, 0.1) is 3.57 Å². The number of ether oxygens (including phenoxy) is 1. The number of hydrogen-bond acceptors (Lipinski definition) is 3. The van der Waals surface area contributed by atoms with Crippen molar-refractivity contribution in [1.82, 2.24) is 4.57 Å². The van der Waals surface area contributed by atoms with Gasteiger partial charge in [-0.25, -0.2) is 4.79 Å². The molecule has 0 saturated carbocycles. The summed E-state index contributed by atoms with van der Waals surface area (Å²) in [6, 6.07) is 3.54. The predicted octanol–water partition coefficient (Wildman–Crippen LogP) is 1.70. The Kier molecular flexibility index (Phi) is 2.54. The zero-order chi connectivity index (χ0) is 12.9. The molecule has 0 unspecified atom stereocenters. The summed E-state index contributed by atoms with van der Waals surface area (Å²) in [5, 5.41) is 9.45. The van der Waals surface area contributed by atoms with Crippen molar-refractivity contribution in [2.45, 2.75) is 6.54 Å². The molecule has 0 bridgehead atoms. The Balaban J connectivity index is 2.52. The Labute approximate surface area is 115 Å². The number of carbonyl (C=O) groups is 1. The summed E-state index contributed by atoms with van der Waals surface area (Å²) in [6.45, 7) is 1.02. The highest BCUT2D eigenvalue weighted by Gasteiger charge is 2.20. The molecule has 3 rings (SSSR count). The van der Waals surface area contributed by atoms with Crippen molar-refractivity contribution in [1.29, 1.82) is 0 Å². The van der Waals surface area contributed by atoms with Gasteiger partial charge in [0.15, 0.2) is 0 Å². The van der Waals surface area contributed by atoms with Gasteiger partial charge in [0, 0.05) is 9.77 Å². The van der Waals surface area contributed by atoms with Gasteiger partial charge in [-0.2, -0.15) is 0 Å². The quantitative estimate of drug-likeness (QED) is 0.789. The van der Waals surface area contributed by atoms with Crippen LogP contribution in [-0.2, 0) is 6.54 Å². The SMILES string of the molecule is O=C(O)c1cn2c3c(cc(I)cc3c1=O)OCC2. The minimum Gasteiger partial charge on any atom is -0.489 e. The molecule has 5 nitrogen and oxygen atoms in total. The molecule has 18 heavy (non-hydrogen) atoms. The number of aromatic carboxylic acids is 1. The molecular weight excluding hydrogens is 349 g/mol. The van der Waals surface area contributed by atoms with Crippen molar-refractivity contribution in [2.75, 3.05) is 6.61 Å². The van der Waals surface area contributed by atoms with Crippen molar-refractivity contribution in [2.24, 2.45) is 0 Å². The van der Waals surface area contributed by atoms with Crippen molar-refractivity contribution < 1.29 is 14.6 Å². The molecule has 92 valence electrons. The Morgan fingerprint density at radius 3 is 2.94 bits per heavy atom. The molecule has 6 heteroatoms. The fourth-order valence-electron chi connectivity index (χ4n) is 2.16. The molecule has 1 N–H and O–H groups in total. The van der Waals surface area contributed by atoms with E-state index >= 15 is 0 Å². The minimum atomic E-state index is -1.20. The van der Waals surface area contributed by atoms with Crippen molar-refractivity contribution in [3.05, 3.63) is 37.7 Å². The average molecular weight is 357 g/mol. The summed E-state index contributed by atoms with van der Waals surface area (Å²) in [7, 11) is 0. The van der Waals surface area contributed by atoms with Crippen molar-refractivity contribution >= 4 is 39.5 Å². The highest BCUT2D eigenvalue weighted by atomic mass is 127. The zero-order valence-corrected chi connectivity index (χ0v) is 11.3. The lowest BCUT2D eigenvalue weighted by atomic mass is 10.1. The summed E-state index contributed by atoms with van der Waals surface area (Å²) < 4.78 is 8.14. The monoisotopic (exact) mass is 357 g/mol. The van der Waals surface area contributed by atoms with Gasteiger partial charge >= 0.3 is 5.97 Å². The zero-order valence-electron chi connectivity index (χ0n) is 9.14. The molecule has 0 aliphatic carbocycles. The second-order valence-electron chi connectivity index (χ2n) is 4.02. The number of carboxylic acids is 1. The summed E-state index contributed by atoms with van der Waals surface area (Å²) in [5.74, 6) is -0.560. The number of pyridine rings is 1. The number of aromatic nitrogens is 1. The van der Waals surface area contributed by atoms with Crippen LogP contribution in [0.1, 0.15) is 10.4 Å². The van der Waals surface area contributed by atoms with Gasteiger partial charge in [-0.15, -0.1) is 0 Å². The lowest BCUT2D eigenvalue weighted by Crippen LogP contribution is -2.23. The Bertz CT molecular complexity index is 735. The Hall–Kier alpha value is -1.57. The highest BCUT2D eigenvalue weighted by Crippen LogP contribution is 2.29. The molecule has 0 spiro atoms. The van der Waals surface area contributed by atoms with E-state index in [1.165, 1.54) is 6.20 Å². The van der Waals surface area contributed by atoms with Gasteiger partial charge in [0.05, 0.1) is 17.4 Å². The van der Waals surface area contributed by atoms with Gasteiger partial charge in [0.25, 0.3) is 0 Å². The molecule has 0 amide bonds. The molecule has 2 heterocycles. The van der Waals surface area contributed by atoms with E-state index in [0.29, 0.717) is 29.8 Å². The van der Waals surface area contributed by atoms with E-state index in [1.54, 1.807) is 10.6 Å². The number of benzene rings is 1. The van der Waals surface area contributed by atoms with Gasteiger partial charge < -0.3 is 14.4 Å². The van der Waals surface area contributed by atoms with Gasteiger partial charge in [-0.05, 0) is 34.7 Å². The number of halogens is 1. The second kappa shape index (κ2) is 3.98. The molecule has 2 aromatic rings. The molecule has 1 aromatic heterocycles. The van der Waals surface area contributed by atoms with E-state index in [4.69, 9.17) is 9.84 Å². The smallest absolute Gasteiger partial charge is 0.341 e. The van der Waals surface area contributed by atoms with Crippen LogP contribution in [0.2, 0.25) is 0 Å². The lowest BCUT2D eigenvalue weighted by Gasteiger charge is -2.21. The van der Waals surface area contributed by atoms with E-state index in [-0.39, 0.29) is 5.56 Å². The molecule has 0 fully saturated rings. The maximum absolute atomic E-state index is 12.1. The number of carboxylic acid groups (broad SMARTS) is 1. The first-order chi connectivity index (χ1) is 8.58. The van der Waals surface area contributed by atoms with Crippen molar-refractivity contribution in [3.63, 3.8) is 0 Å². The van der Waals surface area contributed by atoms with Crippen LogP contribution in [0.15, 0.2) is 23.1 Å². The number of rotatable bonds is 1. The first-order valence-electron chi connectivity index (χ1n) is 5.31.